The Morgan fingerprint density at radius 2 is 2.12 bits per heavy atom. The van der Waals surface area contributed by atoms with Gasteiger partial charge in [-0.3, -0.25) is 0 Å². The van der Waals surface area contributed by atoms with Crippen molar-refractivity contribution in [2.45, 2.75) is 25.7 Å². The van der Waals surface area contributed by atoms with Gasteiger partial charge in [0.15, 0.2) is 5.82 Å². The summed E-state index contributed by atoms with van der Waals surface area (Å²) >= 11 is 5.20. The summed E-state index contributed by atoms with van der Waals surface area (Å²) in [5, 5.41) is 0. The van der Waals surface area contributed by atoms with Gasteiger partial charge in [-0.2, -0.15) is 0 Å². The highest BCUT2D eigenvalue weighted by atomic mass is 79.9. The lowest BCUT2D eigenvalue weighted by Crippen LogP contribution is -1.98. The molecule has 1 fully saturated rings. The van der Waals surface area contributed by atoms with Crippen LogP contribution in [0.4, 0.5) is 5.82 Å². The van der Waals surface area contributed by atoms with Crippen molar-refractivity contribution in [2.24, 2.45) is 0 Å². The highest BCUT2D eigenvalue weighted by molar-refractivity contribution is 9.10. The van der Waals surface area contributed by atoms with Gasteiger partial charge in [-0.1, -0.05) is 0 Å². The van der Waals surface area contributed by atoms with Gasteiger partial charge in [0.2, 0.25) is 0 Å². The van der Waals surface area contributed by atoms with E-state index in [9.17, 15) is 0 Å². The second kappa shape index (κ2) is 4.07. The van der Waals surface area contributed by atoms with E-state index in [1.54, 1.807) is 11.3 Å². The van der Waals surface area contributed by atoms with Crippen LogP contribution in [0.3, 0.4) is 0 Å². The number of anilines is 1. The lowest BCUT2D eigenvalue weighted by atomic mass is 10.2. The molecule has 2 heterocycles. The molecule has 0 radical (unpaired) electrons. The lowest BCUT2D eigenvalue weighted by Gasteiger charge is -2.02. The molecule has 0 amide bonds. The zero-order chi connectivity index (χ0) is 12.0. The number of aryl methyl sites for hydroxylation is 1. The largest absolute Gasteiger partial charge is 0.384 e. The first-order chi connectivity index (χ1) is 8.13. The summed E-state index contributed by atoms with van der Waals surface area (Å²) < 4.78 is 1.11. The van der Waals surface area contributed by atoms with Crippen molar-refractivity contribution in [1.29, 1.82) is 0 Å². The Morgan fingerprint density at radius 3 is 2.71 bits per heavy atom. The predicted octanol–water partition coefficient (Wildman–Crippen LogP) is 3.74. The topological polar surface area (TPSA) is 51.8 Å². The molecule has 1 saturated carbocycles. The zero-order valence-corrected chi connectivity index (χ0v) is 11.8. The van der Waals surface area contributed by atoms with E-state index in [0.29, 0.717) is 11.7 Å². The third kappa shape index (κ3) is 2.21. The number of thiophene rings is 1. The fraction of sp³-hybridized carbons (Fsp3) is 0.333. The normalized spacial score (nSPS) is 15.2. The minimum absolute atomic E-state index is 0.569. The molecule has 88 valence electrons. The van der Waals surface area contributed by atoms with Gasteiger partial charge in [0.1, 0.15) is 5.82 Å². The van der Waals surface area contributed by atoms with E-state index in [4.69, 9.17) is 5.73 Å². The third-order valence-corrected chi connectivity index (χ3v) is 4.97. The van der Waals surface area contributed by atoms with Crippen molar-refractivity contribution in [3.05, 3.63) is 27.2 Å². The quantitative estimate of drug-likeness (QED) is 0.919. The molecule has 2 aromatic rings. The highest BCUT2D eigenvalue weighted by Gasteiger charge is 2.26. The van der Waals surface area contributed by atoms with Crippen molar-refractivity contribution in [1.82, 2.24) is 9.97 Å². The minimum atomic E-state index is 0.569. The van der Waals surface area contributed by atoms with Gasteiger partial charge in [0, 0.05) is 27.0 Å². The fourth-order valence-corrected chi connectivity index (χ4v) is 3.22. The van der Waals surface area contributed by atoms with Gasteiger partial charge in [-0.25, -0.2) is 9.97 Å². The molecular weight excluding hydrogens is 298 g/mol. The molecule has 0 aliphatic heterocycles. The Morgan fingerprint density at radius 1 is 1.35 bits per heavy atom. The Bertz CT molecular complexity index is 556. The van der Waals surface area contributed by atoms with Gasteiger partial charge in [0.25, 0.3) is 0 Å². The average molecular weight is 310 g/mol. The number of aromatic nitrogens is 2. The van der Waals surface area contributed by atoms with E-state index < -0.39 is 0 Å². The number of hydrogen-bond donors (Lipinski definition) is 1. The molecule has 3 nitrogen and oxygen atoms in total. The van der Waals surface area contributed by atoms with Crippen LogP contribution in [0.5, 0.6) is 0 Å². The van der Waals surface area contributed by atoms with Crippen molar-refractivity contribution in [3.8, 4) is 10.7 Å². The van der Waals surface area contributed by atoms with Crippen LogP contribution in [0.15, 0.2) is 16.6 Å². The summed E-state index contributed by atoms with van der Waals surface area (Å²) in [6, 6.07) is 3.96. The number of halogens is 1. The summed E-state index contributed by atoms with van der Waals surface area (Å²) in [4.78, 5) is 11.3. The van der Waals surface area contributed by atoms with Crippen LogP contribution in [-0.4, -0.2) is 9.97 Å². The van der Waals surface area contributed by atoms with Crippen molar-refractivity contribution in [3.63, 3.8) is 0 Å². The van der Waals surface area contributed by atoms with Crippen LogP contribution in [-0.2, 0) is 0 Å². The molecule has 0 unspecified atom stereocenters. The number of nitrogens with two attached hydrogens (primary N) is 1. The van der Waals surface area contributed by atoms with Crippen molar-refractivity contribution in [2.75, 3.05) is 5.73 Å². The molecular formula is C12H12BrN3S. The lowest BCUT2D eigenvalue weighted by molar-refractivity contribution is 1.00. The third-order valence-electron chi connectivity index (χ3n) is 2.84. The molecule has 3 rings (SSSR count). The van der Waals surface area contributed by atoms with Crippen LogP contribution >= 0.6 is 27.3 Å². The highest BCUT2D eigenvalue weighted by Crippen LogP contribution is 2.40. The summed E-state index contributed by atoms with van der Waals surface area (Å²) in [5.74, 6) is 1.92. The predicted molar refractivity (Wildman–Crippen MR) is 74.2 cm³/mol. The van der Waals surface area contributed by atoms with Gasteiger partial charge >= 0.3 is 0 Å². The van der Waals surface area contributed by atoms with E-state index in [0.717, 1.165) is 20.9 Å². The molecule has 5 heteroatoms. The molecule has 17 heavy (non-hydrogen) atoms. The Kier molecular flexibility index (Phi) is 2.67. The second-order valence-electron chi connectivity index (χ2n) is 4.33. The van der Waals surface area contributed by atoms with Crippen LogP contribution in [0, 0.1) is 6.92 Å². The minimum Gasteiger partial charge on any atom is -0.384 e. The van der Waals surface area contributed by atoms with Crippen LogP contribution in [0.2, 0.25) is 0 Å². The Hall–Kier alpha value is -0.940. The van der Waals surface area contributed by atoms with Crippen LogP contribution in [0.25, 0.3) is 10.7 Å². The van der Waals surface area contributed by atoms with E-state index >= 15 is 0 Å². The molecule has 0 aromatic carbocycles. The zero-order valence-electron chi connectivity index (χ0n) is 9.40. The maximum absolute atomic E-state index is 5.85. The number of rotatable bonds is 2. The second-order valence-corrected chi connectivity index (χ2v) is 6.44. The maximum atomic E-state index is 5.85. The molecule has 0 bridgehead atoms. The first-order valence-electron chi connectivity index (χ1n) is 5.54. The van der Waals surface area contributed by atoms with E-state index in [-0.39, 0.29) is 0 Å². The van der Waals surface area contributed by atoms with Gasteiger partial charge in [-0.05, 0) is 41.8 Å². The monoisotopic (exact) mass is 309 g/mol. The SMILES string of the molecule is Cc1sc(-c2nc(N)cc(C3CC3)n2)cc1Br. The number of nitrogens with zero attached hydrogens (tertiary/aromatic N) is 2. The summed E-state index contributed by atoms with van der Waals surface area (Å²) in [5.41, 5.74) is 6.94. The molecule has 0 saturated heterocycles. The molecule has 1 aliphatic rings. The van der Waals surface area contributed by atoms with Crippen molar-refractivity contribution < 1.29 is 0 Å². The average Bonchev–Trinajstić information content (AvgIpc) is 3.06. The van der Waals surface area contributed by atoms with Gasteiger partial charge in [0.05, 0.1) is 4.88 Å². The number of hydrogen-bond acceptors (Lipinski definition) is 4. The maximum Gasteiger partial charge on any atom is 0.171 e. The first kappa shape index (κ1) is 11.2. The number of nitrogen functional groups attached to an aromatic ring is 1. The van der Waals surface area contributed by atoms with Gasteiger partial charge in [-0.15, -0.1) is 11.3 Å². The van der Waals surface area contributed by atoms with E-state index in [1.807, 2.05) is 6.07 Å². The standard InChI is InChI=1S/C12H12BrN3S/c1-6-8(13)4-10(17-6)12-15-9(7-2-3-7)5-11(14)16-12/h4-5,7H,2-3H2,1H3,(H2,14,15,16). The molecule has 2 aromatic heterocycles. The summed E-state index contributed by atoms with van der Waals surface area (Å²) in [6.45, 7) is 2.08. The van der Waals surface area contributed by atoms with E-state index in [2.05, 4.69) is 38.9 Å². The molecule has 0 spiro atoms. The summed E-state index contributed by atoms with van der Waals surface area (Å²) in [7, 11) is 0. The molecule has 0 atom stereocenters. The first-order valence-corrected chi connectivity index (χ1v) is 7.15. The molecule has 2 N–H and O–H groups in total. The Balaban J connectivity index is 2.07. The van der Waals surface area contributed by atoms with E-state index in [1.165, 1.54) is 17.7 Å². The summed E-state index contributed by atoms with van der Waals surface area (Å²) in [6.07, 6.45) is 2.45. The fourth-order valence-electron chi connectivity index (χ4n) is 1.75. The van der Waals surface area contributed by atoms with Crippen LogP contribution in [0.1, 0.15) is 29.3 Å². The van der Waals surface area contributed by atoms with Crippen LogP contribution < -0.4 is 5.73 Å². The van der Waals surface area contributed by atoms with Crippen molar-refractivity contribution >= 4 is 33.1 Å². The Labute approximate surface area is 112 Å². The molecule has 1 aliphatic carbocycles. The van der Waals surface area contributed by atoms with Gasteiger partial charge < -0.3 is 5.73 Å². The smallest absolute Gasteiger partial charge is 0.171 e.